The van der Waals surface area contributed by atoms with Crippen molar-refractivity contribution in [2.75, 3.05) is 6.54 Å². The maximum absolute atomic E-state index is 13.4. The number of rotatable bonds is 4. The summed E-state index contributed by atoms with van der Waals surface area (Å²) in [5.41, 5.74) is 0.957. The van der Waals surface area contributed by atoms with Gasteiger partial charge in [-0.25, -0.2) is 4.39 Å². The van der Waals surface area contributed by atoms with Crippen LogP contribution in [0, 0.1) is 5.82 Å². The molecule has 5 heteroatoms. The summed E-state index contributed by atoms with van der Waals surface area (Å²) in [6, 6.07) is 4.46. The van der Waals surface area contributed by atoms with Gasteiger partial charge in [-0.1, -0.05) is 12.1 Å². The topological polar surface area (TPSA) is 61.4 Å². The number of nitrogens with one attached hydrogen (secondary N) is 2. The van der Waals surface area contributed by atoms with Crippen LogP contribution in [0.5, 0.6) is 0 Å². The molecule has 1 unspecified atom stereocenters. The van der Waals surface area contributed by atoms with Gasteiger partial charge in [0, 0.05) is 12.1 Å². The van der Waals surface area contributed by atoms with Crippen LogP contribution in [0.3, 0.4) is 0 Å². The molecule has 0 saturated carbocycles. The molecule has 0 aromatic heterocycles. The zero-order valence-corrected chi connectivity index (χ0v) is 10.1. The molecule has 1 amide bonds. The van der Waals surface area contributed by atoms with Crippen LogP contribution in [0.1, 0.15) is 24.0 Å². The number of hydrogen-bond acceptors (Lipinski definition) is 3. The lowest BCUT2D eigenvalue weighted by atomic mass is 10.1. The second-order valence-corrected chi connectivity index (χ2v) is 4.45. The van der Waals surface area contributed by atoms with Gasteiger partial charge in [0.05, 0.1) is 12.6 Å². The van der Waals surface area contributed by atoms with E-state index >= 15 is 0 Å². The Kier molecular flexibility index (Phi) is 4.28. The molecule has 1 aliphatic rings. The van der Waals surface area contributed by atoms with Crippen molar-refractivity contribution in [3.63, 3.8) is 0 Å². The van der Waals surface area contributed by atoms with Gasteiger partial charge in [-0.2, -0.15) is 0 Å². The predicted octanol–water partition coefficient (Wildman–Crippen LogP) is 0.686. The molecular weight excluding hydrogens is 235 g/mol. The number of amides is 1. The van der Waals surface area contributed by atoms with Crippen LogP contribution in [0.4, 0.5) is 4.39 Å². The second-order valence-electron chi connectivity index (χ2n) is 4.45. The number of aliphatic hydroxyl groups is 1. The van der Waals surface area contributed by atoms with E-state index in [9.17, 15) is 9.18 Å². The normalized spacial score (nSPS) is 18.9. The number of carbonyl (C=O) groups is 1. The van der Waals surface area contributed by atoms with Crippen molar-refractivity contribution in [1.82, 2.24) is 10.6 Å². The standard InChI is InChI=1S/C13H17FN2O2/c14-11-6-9(3-4-10(11)8-17)7-16-13(18)12-2-1-5-15-12/h3-4,6,12,15,17H,1-2,5,7-8H2,(H,16,18). The molecule has 0 aliphatic carbocycles. The highest BCUT2D eigenvalue weighted by Gasteiger charge is 2.21. The van der Waals surface area contributed by atoms with Crippen LogP contribution >= 0.6 is 0 Å². The first-order valence-electron chi connectivity index (χ1n) is 6.10. The fraction of sp³-hybridized carbons (Fsp3) is 0.462. The average molecular weight is 252 g/mol. The highest BCUT2D eigenvalue weighted by molar-refractivity contribution is 5.81. The molecule has 98 valence electrons. The number of aliphatic hydroxyl groups excluding tert-OH is 1. The van der Waals surface area contributed by atoms with Gasteiger partial charge in [-0.05, 0) is 31.0 Å². The first-order chi connectivity index (χ1) is 8.70. The Hall–Kier alpha value is -1.46. The van der Waals surface area contributed by atoms with Crippen LogP contribution in [-0.2, 0) is 17.9 Å². The Balaban J connectivity index is 1.89. The summed E-state index contributed by atoms with van der Waals surface area (Å²) in [4.78, 5) is 11.7. The summed E-state index contributed by atoms with van der Waals surface area (Å²) in [7, 11) is 0. The molecule has 1 atom stereocenters. The quantitative estimate of drug-likeness (QED) is 0.738. The predicted molar refractivity (Wildman–Crippen MR) is 65.2 cm³/mol. The number of benzene rings is 1. The van der Waals surface area contributed by atoms with Crippen molar-refractivity contribution in [1.29, 1.82) is 0 Å². The van der Waals surface area contributed by atoms with Gasteiger partial charge in [0.2, 0.25) is 5.91 Å². The maximum atomic E-state index is 13.4. The molecule has 4 nitrogen and oxygen atoms in total. The molecule has 3 N–H and O–H groups in total. The molecule has 2 rings (SSSR count). The van der Waals surface area contributed by atoms with Crippen LogP contribution in [0.25, 0.3) is 0 Å². The van der Waals surface area contributed by atoms with Gasteiger partial charge in [0.1, 0.15) is 5.82 Å². The molecular formula is C13H17FN2O2. The van der Waals surface area contributed by atoms with Crippen LogP contribution < -0.4 is 10.6 Å². The van der Waals surface area contributed by atoms with E-state index < -0.39 is 5.82 Å². The van der Waals surface area contributed by atoms with E-state index in [1.807, 2.05) is 0 Å². The van der Waals surface area contributed by atoms with Gasteiger partial charge in [0.25, 0.3) is 0 Å². The summed E-state index contributed by atoms with van der Waals surface area (Å²) in [5, 5.41) is 14.7. The zero-order valence-electron chi connectivity index (χ0n) is 10.1. The summed E-state index contributed by atoms with van der Waals surface area (Å²) >= 11 is 0. The van der Waals surface area contributed by atoms with Crippen molar-refractivity contribution in [2.24, 2.45) is 0 Å². The fourth-order valence-corrected chi connectivity index (χ4v) is 2.05. The zero-order chi connectivity index (χ0) is 13.0. The Bertz CT molecular complexity index is 431. The second kappa shape index (κ2) is 5.93. The van der Waals surface area contributed by atoms with E-state index in [0.717, 1.165) is 19.4 Å². The highest BCUT2D eigenvalue weighted by Crippen LogP contribution is 2.11. The molecule has 1 aromatic rings. The molecule has 1 heterocycles. The van der Waals surface area contributed by atoms with E-state index in [1.54, 1.807) is 6.07 Å². The van der Waals surface area contributed by atoms with Crippen molar-refractivity contribution in [3.05, 3.63) is 35.1 Å². The molecule has 0 bridgehead atoms. The molecule has 0 radical (unpaired) electrons. The molecule has 1 fully saturated rings. The Labute approximate surface area is 105 Å². The monoisotopic (exact) mass is 252 g/mol. The van der Waals surface area contributed by atoms with E-state index in [-0.39, 0.29) is 24.1 Å². The van der Waals surface area contributed by atoms with Crippen molar-refractivity contribution >= 4 is 5.91 Å². The maximum Gasteiger partial charge on any atom is 0.237 e. The van der Waals surface area contributed by atoms with Gasteiger partial charge in [-0.15, -0.1) is 0 Å². The summed E-state index contributed by atoms with van der Waals surface area (Å²) in [5.74, 6) is -0.484. The van der Waals surface area contributed by atoms with E-state index in [1.165, 1.54) is 12.1 Å². The minimum absolute atomic E-state index is 0.0425. The number of hydrogen-bond donors (Lipinski definition) is 3. The fourth-order valence-electron chi connectivity index (χ4n) is 2.05. The lowest BCUT2D eigenvalue weighted by Gasteiger charge is -2.11. The third kappa shape index (κ3) is 3.05. The summed E-state index contributed by atoms with van der Waals surface area (Å²) < 4.78 is 13.4. The van der Waals surface area contributed by atoms with E-state index in [0.29, 0.717) is 12.1 Å². The average Bonchev–Trinajstić information content (AvgIpc) is 2.90. The Morgan fingerprint density at radius 3 is 3.00 bits per heavy atom. The third-order valence-corrected chi connectivity index (χ3v) is 3.13. The Morgan fingerprint density at radius 2 is 2.39 bits per heavy atom. The van der Waals surface area contributed by atoms with E-state index in [2.05, 4.69) is 10.6 Å². The minimum Gasteiger partial charge on any atom is -0.392 e. The SMILES string of the molecule is O=C(NCc1ccc(CO)c(F)c1)C1CCCN1. The molecule has 18 heavy (non-hydrogen) atoms. The van der Waals surface area contributed by atoms with Gasteiger partial charge in [0.15, 0.2) is 0 Å². The van der Waals surface area contributed by atoms with Crippen molar-refractivity contribution < 1.29 is 14.3 Å². The first-order valence-corrected chi connectivity index (χ1v) is 6.10. The lowest BCUT2D eigenvalue weighted by molar-refractivity contribution is -0.122. The van der Waals surface area contributed by atoms with Crippen molar-refractivity contribution in [2.45, 2.75) is 32.0 Å². The lowest BCUT2D eigenvalue weighted by Crippen LogP contribution is -2.40. The molecule has 0 spiro atoms. The third-order valence-electron chi connectivity index (χ3n) is 3.13. The minimum atomic E-state index is -0.441. The van der Waals surface area contributed by atoms with Crippen LogP contribution in [0.15, 0.2) is 18.2 Å². The molecule has 1 saturated heterocycles. The molecule has 1 aromatic carbocycles. The Morgan fingerprint density at radius 1 is 1.56 bits per heavy atom. The smallest absolute Gasteiger partial charge is 0.237 e. The first kappa shape index (κ1) is 13.0. The van der Waals surface area contributed by atoms with Gasteiger partial charge < -0.3 is 15.7 Å². The van der Waals surface area contributed by atoms with Gasteiger partial charge >= 0.3 is 0 Å². The van der Waals surface area contributed by atoms with Crippen LogP contribution in [-0.4, -0.2) is 23.6 Å². The van der Waals surface area contributed by atoms with E-state index in [4.69, 9.17) is 5.11 Å². The largest absolute Gasteiger partial charge is 0.392 e. The number of halogens is 1. The van der Waals surface area contributed by atoms with Crippen molar-refractivity contribution in [3.8, 4) is 0 Å². The van der Waals surface area contributed by atoms with Crippen LogP contribution in [0.2, 0.25) is 0 Å². The van der Waals surface area contributed by atoms with Gasteiger partial charge in [-0.3, -0.25) is 4.79 Å². The molecule has 1 aliphatic heterocycles. The summed E-state index contributed by atoms with van der Waals surface area (Å²) in [6.07, 6.45) is 1.86. The number of carbonyl (C=O) groups excluding carboxylic acids is 1. The summed E-state index contributed by atoms with van der Waals surface area (Å²) in [6.45, 7) is 0.863. The highest BCUT2D eigenvalue weighted by atomic mass is 19.1.